The average molecular weight is 211 g/mol. The summed E-state index contributed by atoms with van der Waals surface area (Å²) in [5.41, 5.74) is 2.02. The van der Waals surface area contributed by atoms with Gasteiger partial charge in [-0.05, 0) is 31.0 Å². The highest BCUT2D eigenvalue weighted by molar-refractivity contribution is 5.49. The molecule has 1 saturated heterocycles. The smallest absolute Gasteiger partial charge is 0.265 e. The van der Waals surface area contributed by atoms with Gasteiger partial charge < -0.3 is 4.90 Å². The minimum absolute atomic E-state index is 0.0231. The van der Waals surface area contributed by atoms with Gasteiger partial charge in [-0.1, -0.05) is 12.1 Å². The standard InChI is InChI=1S/C12H15F2N/c1-10-4-2-5-11(8-10)15-7-3-6-12(13,14)9-15/h2,4-5,8H,3,6-7,9H2,1H3. The number of anilines is 1. The van der Waals surface area contributed by atoms with Gasteiger partial charge in [0.05, 0.1) is 6.54 Å². The van der Waals surface area contributed by atoms with E-state index in [2.05, 4.69) is 0 Å². The van der Waals surface area contributed by atoms with Crippen LogP contribution in [0.4, 0.5) is 14.5 Å². The summed E-state index contributed by atoms with van der Waals surface area (Å²) in [5.74, 6) is -2.53. The highest BCUT2D eigenvalue weighted by Gasteiger charge is 2.35. The fraction of sp³-hybridized carbons (Fsp3) is 0.500. The van der Waals surface area contributed by atoms with E-state index in [1.165, 1.54) is 0 Å². The first kappa shape index (κ1) is 10.4. The predicted molar refractivity (Wildman–Crippen MR) is 57.6 cm³/mol. The second-order valence-electron chi connectivity index (χ2n) is 4.22. The van der Waals surface area contributed by atoms with Crippen molar-refractivity contribution in [2.45, 2.75) is 25.7 Å². The van der Waals surface area contributed by atoms with Gasteiger partial charge in [0.15, 0.2) is 0 Å². The monoisotopic (exact) mass is 211 g/mol. The molecule has 0 aromatic heterocycles. The van der Waals surface area contributed by atoms with Crippen molar-refractivity contribution in [3.05, 3.63) is 29.8 Å². The van der Waals surface area contributed by atoms with Gasteiger partial charge in [0.25, 0.3) is 5.92 Å². The van der Waals surface area contributed by atoms with E-state index in [4.69, 9.17) is 0 Å². The Hall–Kier alpha value is -1.12. The van der Waals surface area contributed by atoms with Crippen molar-refractivity contribution in [1.29, 1.82) is 0 Å². The molecule has 1 aromatic carbocycles. The molecule has 2 rings (SSSR count). The lowest BCUT2D eigenvalue weighted by Crippen LogP contribution is -2.42. The van der Waals surface area contributed by atoms with Crippen LogP contribution in [0.3, 0.4) is 0 Å². The van der Waals surface area contributed by atoms with Crippen molar-refractivity contribution in [1.82, 2.24) is 0 Å². The fourth-order valence-corrected chi connectivity index (χ4v) is 2.01. The van der Waals surface area contributed by atoms with E-state index >= 15 is 0 Å². The predicted octanol–water partition coefficient (Wildman–Crippen LogP) is 3.23. The molecule has 3 heteroatoms. The zero-order valence-electron chi connectivity index (χ0n) is 8.84. The number of alkyl halides is 2. The van der Waals surface area contributed by atoms with Crippen LogP contribution in [0.5, 0.6) is 0 Å². The molecule has 1 heterocycles. The second kappa shape index (κ2) is 3.80. The first-order chi connectivity index (χ1) is 7.07. The highest BCUT2D eigenvalue weighted by Crippen LogP contribution is 2.30. The Morgan fingerprint density at radius 1 is 1.33 bits per heavy atom. The Morgan fingerprint density at radius 2 is 2.13 bits per heavy atom. The van der Waals surface area contributed by atoms with Crippen LogP contribution in [-0.4, -0.2) is 19.0 Å². The van der Waals surface area contributed by atoms with Crippen LogP contribution in [0.1, 0.15) is 18.4 Å². The molecule has 0 saturated carbocycles. The Morgan fingerprint density at radius 3 is 2.80 bits per heavy atom. The van der Waals surface area contributed by atoms with Gasteiger partial charge in [-0.2, -0.15) is 0 Å². The number of nitrogens with zero attached hydrogens (tertiary/aromatic N) is 1. The Balaban J connectivity index is 2.17. The van der Waals surface area contributed by atoms with Gasteiger partial charge in [-0.3, -0.25) is 0 Å². The third-order valence-electron chi connectivity index (χ3n) is 2.76. The Kier molecular flexibility index (Phi) is 2.63. The van der Waals surface area contributed by atoms with E-state index in [0.29, 0.717) is 6.42 Å². The maximum atomic E-state index is 13.2. The number of aryl methyl sites for hydroxylation is 1. The van der Waals surface area contributed by atoms with Crippen LogP contribution in [-0.2, 0) is 0 Å². The molecule has 15 heavy (non-hydrogen) atoms. The van der Waals surface area contributed by atoms with Crippen LogP contribution in [0, 0.1) is 6.92 Å². The average Bonchev–Trinajstić information content (AvgIpc) is 2.16. The van der Waals surface area contributed by atoms with Crippen molar-refractivity contribution >= 4 is 5.69 Å². The molecule has 0 N–H and O–H groups in total. The molecular weight excluding hydrogens is 196 g/mol. The van der Waals surface area contributed by atoms with Gasteiger partial charge in [-0.15, -0.1) is 0 Å². The molecule has 1 aromatic rings. The molecule has 1 aliphatic rings. The van der Waals surface area contributed by atoms with E-state index in [1.807, 2.05) is 31.2 Å². The van der Waals surface area contributed by atoms with Crippen molar-refractivity contribution in [2.75, 3.05) is 18.0 Å². The van der Waals surface area contributed by atoms with Crippen molar-refractivity contribution < 1.29 is 8.78 Å². The van der Waals surface area contributed by atoms with E-state index in [1.54, 1.807) is 4.90 Å². The molecular formula is C12H15F2N. The van der Waals surface area contributed by atoms with Crippen LogP contribution in [0.25, 0.3) is 0 Å². The Labute approximate surface area is 88.7 Å². The number of hydrogen-bond donors (Lipinski definition) is 0. The van der Waals surface area contributed by atoms with Gasteiger partial charge >= 0.3 is 0 Å². The lowest BCUT2D eigenvalue weighted by molar-refractivity contribution is -0.0116. The number of piperidine rings is 1. The molecule has 0 amide bonds. The normalized spacial score (nSPS) is 20.3. The molecule has 0 unspecified atom stereocenters. The zero-order chi connectivity index (χ0) is 10.9. The summed E-state index contributed by atoms with van der Waals surface area (Å²) in [7, 11) is 0. The van der Waals surface area contributed by atoms with E-state index in [9.17, 15) is 8.78 Å². The molecule has 0 radical (unpaired) electrons. The first-order valence-electron chi connectivity index (χ1n) is 5.26. The molecule has 1 nitrogen and oxygen atoms in total. The number of hydrogen-bond acceptors (Lipinski definition) is 1. The van der Waals surface area contributed by atoms with Crippen molar-refractivity contribution in [3.63, 3.8) is 0 Å². The maximum Gasteiger partial charge on any atom is 0.265 e. The molecule has 1 fully saturated rings. The molecule has 0 aliphatic carbocycles. The largest absolute Gasteiger partial charge is 0.365 e. The number of halogens is 2. The van der Waals surface area contributed by atoms with Crippen LogP contribution in [0.15, 0.2) is 24.3 Å². The minimum Gasteiger partial charge on any atom is -0.365 e. The summed E-state index contributed by atoms with van der Waals surface area (Å²) >= 11 is 0. The van der Waals surface area contributed by atoms with E-state index < -0.39 is 5.92 Å². The summed E-state index contributed by atoms with van der Waals surface area (Å²) in [5, 5.41) is 0. The lowest BCUT2D eigenvalue weighted by Gasteiger charge is -2.34. The summed E-state index contributed by atoms with van der Waals surface area (Å²) < 4.78 is 26.4. The SMILES string of the molecule is Cc1cccc(N2CCCC(F)(F)C2)c1. The quantitative estimate of drug-likeness (QED) is 0.689. The molecule has 1 aliphatic heterocycles. The van der Waals surface area contributed by atoms with Crippen LogP contribution < -0.4 is 4.90 Å². The van der Waals surface area contributed by atoms with E-state index in [0.717, 1.165) is 17.8 Å². The van der Waals surface area contributed by atoms with Gasteiger partial charge in [-0.25, -0.2) is 8.78 Å². The van der Waals surface area contributed by atoms with Crippen LogP contribution >= 0.6 is 0 Å². The van der Waals surface area contributed by atoms with Crippen molar-refractivity contribution in [3.8, 4) is 0 Å². The summed E-state index contributed by atoms with van der Waals surface area (Å²) in [6.07, 6.45) is 0.594. The summed E-state index contributed by atoms with van der Waals surface area (Å²) in [6.45, 7) is 2.57. The maximum absolute atomic E-state index is 13.2. The third-order valence-corrected chi connectivity index (χ3v) is 2.76. The third kappa shape index (κ3) is 2.46. The minimum atomic E-state index is -2.53. The molecule has 0 spiro atoms. The van der Waals surface area contributed by atoms with Crippen LogP contribution in [0.2, 0.25) is 0 Å². The zero-order valence-corrected chi connectivity index (χ0v) is 8.84. The summed E-state index contributed by atoms with van der Waals surface area (Å²) in [6, 6.07) is 7.75. The molecule has 82 valence electrons. The molecule has 0 atom stereocenters. The van der Waals surface area contributed by atoms with E-state index in [-0.39, 0.29) is 13.0 Å². The number of benzene rings is 1. The van der Waals surface area contributed by atoms with Gasteiger partial charge in [0.2, 0.25) is 0 Å². The summed E-state index contributed by atoms with van der Waals surface area (Å²) in [4.78, 5) is 1.77. The number of rotatable bonds is 1. The topological polar surface area (TPSA) is 3.24 Å². The second-order valence-corrected chi connectivity index (χ2v) is 4.22. The lowest BCUT2D eigenvalue weighted by atomic mass is 10.1. The van der Waals surface area contributed by atoms with Crippen molar-refractivity contribution in [2.24, 2.45) is 0 Å². The Bertz CT molecular complexity index is 349. The van der Waals surface area contributed by atoms with Gasteiger partial charge in [0, 0.05) is 18.7 Å². The highest BCUT2D eigenvalue weighted by atomic mass is 19.3. The first-order valence-corrected chi connectivity index (χ1v) is 5.26. The van der Waals surface area contributed by atoms with Gasteiger partial charge in [0.1, 0.15) is 0 Å². The molecule has 0 bridgehead atoms. The fourth-order valence-electron chi connectivity index (χ4n) is 2.01.